The maximum Gasteiger partial charge on any atom is 0.270 e. The van der Waals surface area contributed by atoms with Crippen LogP contribution in [0.5, 0.6) is 0 Å². The molecule has 0 spiro atoms. The van der Waals surface area contributed by atoms with Gasteiger partial charge in [0, 0.05) is 44.0 Å². The molecule has 0 amide bonds. The molecule has 0 bridgehead atoms. The van der Waals surface area contributed by atoms with Crippen LogP contribution in [0.25, 0.3) is 5.82 Å². The van der Waals surface area contributed by atoms with Crippen LogP contribution in [0.15, 0.2) is 47.4 Å². The largest absolute Gasteiger partial charge is 0.352 e. The van der Waals surface area contributed by atoms with E-state index in [9.17, 15) is 18.5 Å². The first-order valence-corrected chi connectivity index (χ1v) is 11.1. The van der Waals surface area contributed by atoms with Gasteiger partial charge in [0.2, 0.25) is 10.0 Å². The van der Waals surface area contributed by atoms with E-state index in [0.717, 1.165) is 17.5 Å². The first-order valence-electron chi connectivity index (χ1n) is 9.62. The van der Waals surface area contributed by atoms with Crippen molar-refractivity contribution in [3.63, 3.8) is 0 Å². The average Bonchev–Trinajstić information content (AvgIpc) is 3.12. The van der Waals surface area contributed by atoms with Gasteiger partial charge in [-0.15, -0.1) is 10.2 Å². The predicted octanol–water partition coefficient (Wildman–Crippen LogP) is 1.70. The molecule has 11 nitrogen and oxygen atoms in total. The number of piperazine rings is 1. The molecule has 1 saturated heterocycles. The first kappa shape index (κ1) is 20.9. The Kier molecular flexibility index (Phi) is 5.41. The van der Waals surface area contributed by atoms with Crippen molar-refractivity contribution < 1.29 is 13.3 Å². The van der Waals surface area contributed by atoms with E-state index in [0.29, 0.717) is 24.7 Å². The number of anilines is 1. The standard InChI is InChI=1S/C19H21N7O4S/c1-14-12-15(2)25(22-14)19-7-6-18(20-21-19)23-8-10-24(11-9-23)31(29,30)17-5-3-4-16(13-17)26(27)28/h3-7,12-13H,8-11H2,1-2H3. The molecule has 2 aromatic heterocycles. The second kappa shape index (κ2) is 8.04. The van der Waals surface area contributed by atoms with Crippen molar-refractivity contribution in [1.29, 1.82) is 0 Å². The molecule has 31 heavy (non-hydrogen) atoms. The lowest BCUT2D eigenvalue weighted by atomic mass is 10.3. The SMILES string of the molecule is Cc1cc(C)n(-c2ccc(N3CCN(S(=O)(=O)c4cccc([N+](=O)[O-])c4)CC3)nn2)n1. The monoisotopic (exact) mass is 443 g/mol. The van der Waals surface area contributed by atoms with Gasteiger partial charge in [-0.2, -0.15) is 9.40 Å². The Balaban J connectivity index is 1.45. The van der Waals surface area contributed by atoms with Gasteiger partial charge in [-0.1, -0.05) is 6.07 Å². The fourth-order valence-corrected chi connectivity index (χ4v) is 4.99. The van der Waals surface area contributed by atoms with Crippen molar-refractivity contribution in [1.82, 2.24) is 24.3 Å². The quantitative estimate of drug-likeness (QED) is 0.431. The highest BCUT2D eigenvalue weighted by Crippen LogP contribution is 2.23. The molecule has 0 N–H and O–H groups in total. The number of benzene rings is 1. The fourth-order valence-electron chi connectivity index (χ4n) is 3.52. The summed E-state index contributed by atoms with van der Waals surface area (Å²) in [4.78, 5) is 12.2. The zero-order valence-electron chi connectivity index (χ0n) is 17.0. The van der Waals surface area contributed by atoms with Crippen LogP contribution in [0.1, 0.15) is 11.4 Å². The van der Waals surface area contributed by atoms with Crippen LogP contribution in [0, 0.1) is 24.0 Å². The van der Waals surface area contributed by atoms with E-state index < -0.39 is 14.9 Å². The van der Waals surface area contributed by atoms with E-state index in [4.69, 9.17) is 0 Å². The molecule has 1 aliphatic heterocycles. The van der Waals surface area contributed by atoms with E-state index >= 15 is 0 Å². The molecule has 3 heterocycles. The lowest BCUT2D eigenvalue weighted by Gasteiger charge is -2.34. The molecule has 162 valence electrons. The molecule has 4 rings (SSSR count). The summed E-state index contributed by atoms with van der Waals surface area (Å²) in [5.41, 5.74) is 1.60. The van der Waals surface area contributed by atoms with Crippen molar-refractivity contribution in [2.45, 2.75) is 18.7 Å². The van der Waals surface area contributed by atoms with Crippen molar-refractivity contribution in [2.24, 2.45) is 0 Å². The molecule has 3 aromatic rings. The number of hydrogen-bond acceptors (Lipinski definition) is 8. The summed E-state index contributed by atoms with van der Waals surface area (Å²) in [6.07, 6.45) is 0. The van der Waals surface area contributed by atoms with Gasteiger partial charge in [-0.25, -0.2) is 13.1 Å². The van der Waals surface area contributed by atoms with Crippen molar-refractivity contribution in [3.05, 3.63) is 64.0 Å². The maximum absolute atomic E-state index is 12.9. The van der Waals surface area contributed by atoms with Gasteiger partial charge in [-0.05, 0) is 38.1 Å². The molecular formula is C19H21N7O4S. The number of sulfonamides is 1. The number of aryl methyl sites for hydroxylation is 2. The molecule has 0 radical (unpaired) electrons. The van der Waals surface area contributed by atoms with Crippen molar-refractivity contribution in [3.8, 4) is 5.82 Å². The molecule has 1 fully saturated rings. The second-order valence-corrected chi connectivity index (χ2v) is 9.17. The number of rotatable bonds is 5. The third-order valence-corrected chi connectivity index (χ3v) is 6.99. The number of hydrogen-bond donors (Lipinski definition) is 0. The predicted molar refractivity (Wildman–Crippen MR) is 113 cm³/mol. The third-order valence-electron chi connectivity index (χ3n) is 5.09. The fraction of sp³-hybridized carbons (Fsp3) is 0.316. The molecule has 0 unspecified atom stereocenters. The number of nitro benzene ring substituents is 1. The highest BCUT2D eigenvalue weighted by molar-refractivity contribution is 7.89. The van der Waals surface area contributed by atoms with Crippen molar-refractivity contribution in [2.75, 3.05) is 31.1 Å². The minimum atomic E-state index is -3.81. The van der Waals surface area contributed by atoms with Crippen LogP contribution in [0.3, 0.4) is 0 Å². The first-order chi connectivity index (χ1) is 14.8. The highest BCUT2D eigenvalue weighted by Gasteiger charge is 2.30. The number of nitro groups is 1. The zero-order chi connectivity index (χ0) is 22.2. The third kappa shape index (κ3) is 4.11. The lowest BCUT2D eigenvalue weighted by molar-refractivity contribution is -0.385. The van der Waals surface area contributed by atoms with Crippen LogP contribution in [0.2, 0.25) is 0 Å². The minimum Gasteiger partial charge on any atom is -0.352 e. The van der Waals surface area contributed by atoms with Crippen LogP contribution >= 0.6 is 0 Å². The van der Waals surface area contributed by atoms with Crippen LogP contribution < -0.4 is 4.90 Å². The summed E-state index contributed by atoms with van der Waals surface area (Å²) in [6.45, 7) is 5.20. The zero-order valence-corrected chi connectivity index (χ0v) is 17.9. The Hall–Kier alpha value is -3.38. The highest BCUT2D eigenvalue weighted by atomic mass is 32.2. The topological polar surface area (TPSA) is 127 Å². The minimum absolute atomic E-state index is 0.0795. The van der Waals surface area contributed by atoms with E-state index in [1.807, 2.05) is 36.9 Å². The molecule has 0 aliphatic carbocycles. The Labute approximate surface area is 179 Å². The normalized spacial score (nSPS) is 15.2. The van der Waals surface area contributed by atoms with Gasteiger partial charge in [0.25, 0.3) is 5.69 Å². The molecule has 1 aliphatic rings. The van der Waals surface area contributed by atoms with Crippen molar-refractivity contribution >= 4 is 21.5 Å². The van der Waals surface area contributed by atoms with Crippen LogP contribution in [0.4, 0.5) is 11.5 Å². The van der Waals surface area contributed by atoms with E-state index in [2.05, 4.69) is 15.3 Å². The van der Waals surface area contributed by atoms with Gasteiger partial charge in [-0.3, -0.25) is 10.1 Å². The Morgan fingerprint density at radius 3 is 2.23 bits per heavy atom. The van der Waals surface area contributed by atoms with Gasteiger partial charge in [0.1, 0.15) is 0 Å². The summed E-state index contributed by atoms with van der Waals surface area (Å²) < 4.78 is 28.8. The smallest absolute Gasteiger partial charge is 0.270 e. The molecular weight excluding hydrogens is 422 g/mol. The summed E-state index contributed by atoms with van der Waals surface area (Å²) in [5, 5.41) is 23.9. The van der Waals surface area contributed by atoms with Crippen LogP contribution in [-0.2, 0) is 10.0 Å². The van der Waals surface area contributed by atoms with Gasteiger partial charge < -0.3 is 4.90 Å². The molecule has 1 aromatic carbocycles. The average molecular weight is 443 g/mol. The van der Waals surface area contributed by atoms with Gasteiger partial charge >= 0.3 is 0 Å². The van der Waals surface area contributed by atoms with Gasteiger partial charge in [0.15, 0.2) is 11.6 Å². The Morgan fingerprint density at radius 1 is 0.968 bits per heavy atom. The summed E-state index contributed by atoms with van der Waals surface area (Å²) >= 11 is 0. The molecule has 12 heteroatoms. The molecule has 0 atom stereocenters. The van der Waals surface area contributed by atoms with Gasteiger partial charge in [0.05, 0.1) is 15.5 Å². The van der Waals surface area contributed by atoms with Crippen LogP contribution in [-0.4, -0.2) is 63.8 Å². The summed E-state index contributed by atoms with van der Waals surface area (Å²) in [5.74, 6) is 1.26. The molecule has 0 saturated carbocycles. The van der Waals surface area contributed by atoms with E-state index in [1.165, 1.54) is 22.5 Å². The van der Waals surface area contributed by atoms with E-state index in [1.54, 1.807) is 4.68 Å². The Bertz CT molecular complexity index is 1220. The van der Waals surface area contributed by atoms with E-state index in [-0.39, 0.29) is 23.7 Å². The second-order valence-electron chi connectivity index (χ2n) is 7.23. The maximum atomic E-state index is 12.9. The number of non-ortho nitro benzene ring substituents is 1. The lowest BCUT2D eigenvalue weighted by Crippen LogP contribution is -2.49. The summed E-state index contributed by atoms with van der Waals surface area (Å²) in [6, 6.07) is 10.7. The number of aromatic nitrogens is 4. The Morgan fingerprint density at radius 2 is 1.65 bits per heavy atom. The summed E-state index contributed by atoms with van der Waals surface area (Å²) in [7, 11) is -3.81. The number of nitrogens with zero attached hydrogens (tertiary/aromatic N) is 7.